The molecule has 22 heavy (non-hydrogen) atoms. The molecule has 0 radical (unpaired) electrons. The molecule has 4 nitrogen and oxygen atoms in total. The Bertz CT molecular complexity index is 619. The number of hydrogen-bond donors (Lipinski definition) is 1. The van der Waals surface area contributed by atoms with E-state index in [4.69, 9.17) is 5.73 Å². The molecule has 1 aromatic carbocycles. The average Bonchev–Trinajstić information content (AvgIpc) is 2.81. The van der Waals surface area contributed by atoms with E-state index < -0.39 is 0 Å². The zero-order valence-electron chi connectivity index (χ0n) is 13.0. The maximum atomic E-state index is 6.36. The molecule has 0 amide bonds. The minimum atomic E-state index is 0.704. The van der Waals surface area contributed by atoms with Crippen LogP contribution >= 0.6 is 11.8 Å². The van der Waals surface area contributed by atoms with Gasteiger partial charge in [0.25, 0.3) is 0 Å². The van der Waals surface area contributed by atoms with E-state index in [9.17, 15) is 0 Å². The fourth-order valence-electron chi connectivity index (χ4n) is 2.70. The van der Waals surface area contributed by atoms with Gasteiger partial charge in [-0.3, -0.25) is 0 Å². The average molecular weight is 314 g/mol. The maximum absolute atomic E-state index is 6.36. The highest BCUT2D eigenvalue weighted by Gasteiger charge is 2.17. The third-order valence-electron chi connectivity index (χ3n) is 3.97. The molecule has 2 N–H and O–H groups in total. The Labute approximate surface area is 136 Å². The molecule has 1 aromatic heterocycles. The van der Waals surface area contributed by atoms with Gasteiger partial charge in [-0.25, -0.2) is 9.97 Å². The Morgan fingerprint density at radius 3 is 2.36 bits per heavy atom. The van der Waals surface area contributed by atoms with Crippen molar-refractivity contribution < 1.29 is 0 Å². The third kappa shape index (κ3) is 3.53. The Kier molecular flexibility index (Phi) is 4.83. The number of hydrogen-bond acceptors (Lipinski definition) is 5. The second-order valence-corrected chi connectivity index (χ2v) is 6.79. The summed E-state index contributed by atoms with van der Waals surface area (Å²) in [6.45, 7) is 4.16. The summed E-state index contributed by atoms with van der Waals surface area (Å²) in [6, 6.07) is 8.42. The van der Waals surface area contributed by atoms with E-state index >= 15 is 0 Å². The fourth-order valence-corrected chi connectivity index (χ4v) is 3.50. The highest BCUT2D eigenvalue weighted by Crippen LogP contribution is 2.35. The predicted octanol–water partition coefficient (Wildman–Crippen LogP) is 3.90. The number of nitrogens with zero attached hydrogens (tertiary/aromatic N) is 3. The molecule has 1 saturated heterocycles. The molecule has 0 saturated carbocycles. The first kappa shape index (κ1) is 15.2. The molecular weight excluding hydrogens is 292 g/mol. The minimum Gasteiger partial charge on any atom is -0.394 e. The van der Waals surface area contributed by atoms with Crippen molar-refractivity contribution in [1.29, 1.82) is 0 Å². The monoisotopic (exact) mass is 314 g/mol. The van der Waals surface area contributed by atoms with E-state index in [2.05, 4.69) is 46.1 Å². The fraction of sp³-hybridized carbons (Fsp3) is 0.412. The van der Waals surface area contributed by atoms with Crippen molar-refractivity contribution in [2.75, 3.05) is 23.7 Å². The zero-order chi connectivity index (χ0) is 15.4. The van der Waals surface area contributed by atoms with Gasteiger partial charge in [0.2, 0.25) is 0 Å². The number of benzene rings is 1. The number of nitrogen functional groups attached to an aromatic ring is 1. The molecule has 116 valence electrons. The van der Waals surface area contributed by atoms with Gasteiger partial charge in [0.15, 0.2) is 5.82 Å². The molecule has 0 unspecified atom stereocenters. The summed E-state index contributed by atoms with van der Waals surface area (Å²) in [4.78, 5) is 12.3. The van der Waals surface area contributed by atoms with Crippen LogP contribution in [0.15, 0.2) is 40.5 Å². The highest BCUT2D eigenvalue weighted by atomic mass is 32.2. The predicted molar refractivity (Wildman–Crippen MR) is 92.4 cm³/mol. The van der Waals surface area contributed by atoms with Gasteiger partial charge in [0, 0.05) is 18.0 Å². The van der Waals surface area contributed by atoms with Gasteiger partial charge in [-0.1, -0.05) is 42.3 Å². The van der Waals surface area contributed by atoms with Crippen molar-refractivity contribution in [2.45, 2.75) is 42.5 Å². The summed E-state index contributed by atoms with van der Waals surface area (Å²) >= 11 is 1.60. The van der Waals surface area contributed by atoms with Crippen LogP contribution in [0.3, 0.4) is 0 Å². The van der Waals surface area contributed by atoms with Crippen LogP contribution in [0.2, 0.25) is 0 Å². The van der Waals surface area contributed by atoms with Crippen molar-refractivity contribution in [3.63, 3.8) is 0 Å². The van der Waals surface area contributed by atoms with Crippen molar-refractivity contribution in [3.05, 3.63) is 36.2 Å². The van der Waals surface area contributed by atoms with Gasteiger partial charge in [-0.2, -0.15) is 0 Å². The minimum absolute atomic E-state index is 0.704. The lowest BCUT2D eigenvalue weighted by Crippen LogP contribution is -2.26. The lowest BCUT2D eigenvalue weighted by Gasteiger charge is -2.23. The Morgan fingerprint density at radius 1 is 1.00 bits per heavy atom. The van der Waals surface area contributed by atoms with Crippen LogP contribution in [0.1, 0.15) is 31.2 Å². The molecule has 1 aliphatic rings. The summed E-state index contributed by atoms with van der Waals surface area (Å²) in [6.07, 6.45) is 6.65. The van der Waals surface area contributed by atoms with E-state index in [0.29, 0.717) is 5.69 Å². The van der Waals surface area contributed by atoms with Crippen molar-refractivity contribution in [2.24, 2.45) is 0 Å². The summed E-state index contributed by atoms with van der Waals surface area (Å²) < 4.78 is 0. The van der Waals surface area contributed by atoms with E-state index in [-0.39, 0.29) is 0 Å². The van der Waals surface area contributed by atoms with Crippen molar-refractivity contribution >= 4 is 23.3 Å². The molecule has 1 fully saturated rings. The zero-order valence-corrected chi connectivity index (χ0v) is 13.8. The van der Waals surface area contributed by atoms with E-state index in [1.165, 1.54) is 31.2 Å². The van der Waals surface area contributed by atoms with Gasteiger partial charge in [0.1, 0.15) is 17.0 Å². The van der Waals surface area contributed by atoms with Gasteiger partial charge in [0.05, 0.1) is 0 Å². The summed E-state index contributed by atoms with van der Waals surface area (Å²) in [7, 11) is 0. The van der Waals surface area contributed by atoms with Crippen LogP contribution in [0.5, 0.6) is 0 Å². The molecule has 1 aliphatic heterocycles. The van der Waals surface area contributed by atoms with Crippen molar-refractivity contribution in [3.8, 4) is 0 Å². The van der Waals surface area contributed by atoms with Crippen LogP contribution in [-0.2, 0) is 0 Å². The van der Waals surface area contributed by atoms with Crippen LogP contribution in [0.4, 0.5) is 11.5 Å². The molecule has 5 heteroatoms. The van der Waals surface area contributed by atoms with Crippen molar-refractivity contribution in [1.82, 2.24) is 9.97 Å². The summed E-state index contributed by atoms with van der Waals surface area (Å²) in [5.74, 6) is 0.895. The summed E-state index contributed by atoms with van der Waals surface area (Å²) in [5, 5.41) is 0.845. The standard InChI is InChI=1S/C17H22N4S/c1-13-6-8-14(9-7-13)22-17-15(18)16(19-12-20-17)21-10-4-2-3-5-11-21/h6-9,12H,2-5,10-11,18H2,1H3. The van der Waals surface area contributed by atoms with Crippen LogP contribution < -0.4 is 10.6 Å². The van der Waals surface area contributed by atoms with Gasteiger partial charge >= 0.3 is 0 Å². The van der Waals surface area contributed by atoms with E-state index in [0.717, 1.165) is 28.8 Å². The second-order valence-electron chi connectivity index (χ2n) is 5.73. The topological polar surface area (TPSA) is 55.0 Å². The molecule has 2 heterocycles. The first-order chi connectivity index (χ1) is 10.7. The van der Waals surface area contributed by atoms with Crippen LogP contribution in [-0.4, -0.2) is 23.1 Å². The lowest BCUT2D eigenvalue weighted by atomic mass is 10.2. The molecule has 0 bridgehead atoms. The van der Waals surface area contributed by atoms with Gasteiger partial charge < -0.3 is 10.6 Å². The number of aryl methyl sites for hydroxylation is 1. The van der Waals surface area contributed by atoms with E-state index in [1.807, 2.05) is 0 Å². The number of aromatic nitrogens is 2. The van der Waals surface area contributed by atoms with Crippen LogP contribution in [0, 0.1) is 6.92 Å². The normalized spacial score (nSPS) is 15.6. The third-order valence-corrected chi connectivity index (χ3v) is 4.99. The van der Waals surface area contributed by atoms with Gasteiger partial charge in [-0.15, -0.1) is 0 Å². The first-order valence-corrected chi connectivity index (χ1v) is 8.65. The molecule has 0 atom stereocenters. The number of anilines is 2. The number of nitrogens with two attached hydrogens (primary N) is 1. The van der Waals surface area contributed by atoms with E-state index in [1.54, 1.807) is 18.1 Å². The van der Waals surface area contributed by atoms with Crippen LogP contribution in [0.25, 0.3) is 0 Å². The molecule has 0 spiro atoms. The molecular formula is C17H22N4S. The SMILES string of the molecule is Cc1ccc(Sc2ncnc(N3CCCCCC3)c2N)cc1. The quantitative estimate of drug-likeness (QED) is 0.871. The lowest BCUT2D eigenvalue weighted by molar-refractivity contribution is 0.726. The molecule has 0 aliphatic carbocycles. The summed E-state index contributed by atoms with van der Waals surface area (Å²) in [5.41, 5.74) is 8.31. The Balaban J connectivity index is 1.83. The Hall–Kier alpha value is -1.75. The molecule has 3 rings (SSSR count). The largest absolute Gasteiger partial charge is 0.394 e. The highest BCUT2D eigenvalue weighted by molar-refractivity contribution is 7.99. The van der Waals surface area contributed by atoms with Gasteiger partial charge in [-0.05, 0) is 31.9 Å². The second kappa shape index (κ2) is 7.01. The Morgan fingerprint density at radius 2 is 1.68 bits per heavy atom. The molecule has 2 aromatic rings. The smallest absolute Gasteiger partial charge is 0.156 e. The first-order valence-electron chi connectivity index (χ1n) is 7.84. The maximum Gasteiger partial charge on any atom is 0.156 e. The number of rotatable bonds is 3.